The van der Waals surface area contributed by atoms with E-state index in [4.69, 9.17) is 5.14 Å². The predicted molar refractivity (Wildman–Crippen MR) is 99.9 cm³/mol. The zero-order valence-electron chi connectivity index (χ0n) is 14.2. The number of nitrogens with one attached hydrogen (secondary N) is 2. The van der Waals surface area contributed by atoms with Gasteiger partial charge in [0, 0.05) is 23.7 Å². The molecule has 8 heteroatoms. The highest BCUT2D eigenvalue weighted by atomic mass is 32.2. The zero-order chi connectivity index (χ0) is 18.0. The second kappa shape index (κ2) is 6.81. The van der Waals surface area contributed by atoms with Gasteiger partial charge in [-0.3, -0.25) is 5.10 Å². The largest absolute Gasteiger partial charge is 0.369 e. The highest BCUT2D eigenvalue weighted by Crippen LogP contribution is 2.31. The van der Waals surface area contributed by atoms with Crippen molar-refractivity contribution in [3.05, 3.63) is 42.2 Å². The summed E-state index contributed by atoms with van der Waals surface area (Å²) in [4.78, 5) is 4.63. The average molecular weight is 359 g/mol. The Morgan fingerprint density at radius 1 is 1.28 bits per heavy atom. The summed E-state index contributed by atoms with van der Waals surface area (Å²) in [6, 6.07) is 8.13. The summed E-state index contributed by atoms with van der Waals surface area (Å²) in [5, 5.41) is 15.9. The molecule has 0 saturated carbocycles. The normalized spacial score (nSPS) is 12.0. The Morgan fingerprint density at radius 2 is 2.08 bits per heavy atom. The van der Waals surface area contributed by atoms with Gasteiger partial charge in [0.15, 0.2) is 0 Å². The van der Waals surface area contributed by atoms with Crippen LogP contribution in [-0.2, 0) is 10.0 Å². The van der Waals surface area contributed by atoms with Crippen LogP contribution in [0.15, 0.2) is 36.7 Å². The van der Waals surface area contributed by atoms with Gasteiger partial charge in [-0.25, -0.2) is 18.5 Å². The highest BCUT2D eigenvalue weighted by Gasteiger charge is 2.11. The number of H-pyrrole nitrogens is 1. The molecule has 4 N–H and O–H groups in total. The molecule has 0 atom stereocenters. The first-order valence-corrected chi connectivity index (χ1v) is 9.73. The standard InChI is InChI=1S/C17H21N5O2S/c1-11(2)12-3-4-14-15(13-9-20-21-10-13)8-17(22-16(14)7-12)19-5-6-25(18,23)24/h3-4,7-11H,5-6H2,1-2H3,(H,19,22)(H,20,21)(H2,18,23,24). The minimum Gasteiger partial charge on any atom is -0.369 e. The topological polar surface area (TPSA) is 114 Å². The van der Waals surface area contributed by atoms with E-state index in [0.717, 1.165) is 22.0 Å². The van der Waals surface area contributed by atoms with E-state index in [0.29, 0.717) is 11.7 Å². The van der Waals surface area contributed by atoms with Gasteiger partial charge in [-0.05, 0) is 29.2 Å². The van der Waals surface area contributed by atoms with Gasteiger partial charge >= 0.3 is 0 Å². The molecule has 25 heavy (non-hydrogen) atoms. The van der Waals surface area contributed by atoms with E-state index in [1.807, 2.05) is 12.3 Å². The number of sulfonamides is 1. The minimum atomic E-state index is -3.51. The predicted octanol–water partition coefficient (Wildman–Crippen LogP) is 2.45. The van der Waals surface area contributed by atoms with Crippen molar-refractivity contribution in [1.82, 2.24) is 15.2 Å². The maximum Gasteiger partial charge on any atom is 0.210 e. The van der Waals surface area contributed by atoms with Crippen molar-refractivity contribution in [2.24, 2.45) is 5.14 Å². The van der Waals surface area contributed by atoms with Crippen LogP contribution in [0.3, 0.4) is 0 Å². The molecule has 0 radical (unpaired) electrons. The van der Waals surface area contributed by atoms with E-state index in [1.165, 1.54) is 5.56 Å². The van der Waals surface area contributed by atoms with Gasteiger partial charge in [-0.1, -0.05) is 26.0 Å². The van der Waals surface area contributed by atoms with E-state index < -0.39 is 10.0 Å². The SMILES string of the molecule is CC(C)c1ccc2c(-c3cn[nH]c3)cc(NCCS(N)(=O)=O)nc2c1. The molecule has 0 aliphatic heterocycles. The molecule has 2 aromatic heterocycles. The molecule has 132 valence electrons. The number of pyridine rings is 1. The Labute approximate surface area is 146 Å². The van der Waals surface area contributed by atoms with Crippen LogP contribution in [0.25, 0.3) is 22.0 Å². The first-order valence-electron chi connectivity index (χ1n) is 8.02. The molecule has 0 fully saturated rings. The Bertz CT molecular complexity index is 982. The first kappa shape index (κ1) is 17.4. The number of hydrogen-bond acceptors (Lipinski definition) is 5. The van der Waals surface area contributed by atoms with Gasteiger partial charge in [0.1, 0.15) is 5.82 Å². The molecule has 3 rings (SSSR count). The number of aromatic amines is 1. The second-order valence-corrected chi connectivity index (χ2v) is 8.00. The highest BCUT2D eigenvalue weighted by molar-refractivity contribution is 7.89. The monoisotopic (exact) mass is 359 g/mol. The molecule has 7 nitrogen and oxygen atoms in total. The van der Waals surface area contributed by atoms with E-state index in [1.54, 1.807) is 6.20 Å². The number of aromatic nitrogens is 3. The zero-order valence-corrected chi connectivity index (χ0v) is 15.0. The van der Waals surface area contributed by atoms with E-state index in [9.17, 15) is 8.42 Å². The molecule has 0 unspecified atom stereocenters. The number of hydrogen-bond donors (Lipinski definition) is 3. The summed E-state index contributed by atoms with van der Waals surface area (Å²) < 4.78 is 22.2. The van der Waals surface area contributed by atoms with Crippen molar-refractivity contribution in [2.45, 2.75) is 19.8 Å². The van der Waals surface area contributed by atoms with Crippen molar-refractivity contribution in [2.75, 3.05) is 17.6 Å². The van der Waals surface area contributed by atoms with Crippen LogP contribution < -0.4 is 10.5 Å². The lowest BCUT2D eigenvalue weighted by Gasteiger charge is -2.12. The number of primary sulfonamides is 1. The van der Waals surface area contributed by atoms with Gasteiger partial charge in [0.25, 0.3) is 0 Å². The fraction of sp³-hybridized carbons (Fsp3) is 0.294. The van der Waals surface area contributed by atoms with Gasteiger partial charge in [0.2, 0.25) is 10.0 Å². The third kappa shape index (κ3) is 4.15. The first-order chi connectivity index (χ1) is 11.8. The van der Waals surface area contributed by atoms with Gasteiger partial charge in [-0.2, -0.15) is 5.10 Å². The Balaban J connectivity index is 2.05. The molecular formula is C17H21N5O2S. The quantitative estimate of drug-likeness (QED) is 0.625. The van der Waals surface area contributed by atoms with Crippen LogP contribution in [0, 0.1) is 0 Å². The van der Waals surface area contributed by atoms with E-state index in [-0.39, 0.29) is 12.3 Å². The van der Waals surface area contributed by atoms with Crippen LogP contribution in [0.1, 0.15) is 25.3 Å². The third-order valence-electron chi connectivity index (χ3n) is 4.00. The number of anilines is 1. The van der Waals surface area contributed by atoms with E-state index in [2.05, 4.69) is 52.5 Å². The van der Waals surface area contributed by atoms with Gasteiger partial charge < -0.3 is 5.32 Å². The molecule has 0 amide bonds. The molecule has 1 aromatic carbocycles. The summed E-state index contributed by atoms with van der Waals surface area (Å²) in [5.74, 6) is 0.843. The molecule has 3 aromatic rings. The summed E-state index contributed by atoms with van der Waals surface area (Å²) in [6.45, 7) is 4.46. The van der Waals surface area contributed by atoms with Crippen LogP contribution in [0.5, 0.6) is 0 Å². The molecule has 2 heterocycles. The smallest absolute Gasteiger partial charge is 0.210 e. The lowest BCUT2D eigenvalue weighted by Crippen LogP contribution is -2.22. The maximum atomic E-state index is 11.1. The minimum absolute atomic E-state index is 0.153. The number of nitrogens with two attached hydrogens (primary N) is 1. The molecule has 0 aliphatic carbocycles. The van der Waals surface area contributed by atoms with Crippen molar-refractivity contribution >= 4 is 26.7 Å². The summed E-state index contributed by atoms with van der Waals surface area (Å²) >= 11 is 0. The van der Waals surface area contributed by atoms with Gasteiger partial charge in [0.05, 0.1) is 17.5 Å². The number of rotatable bonds is 6. The number of benzene rings is 1. The molecule has 0 spiro atoms. The van der Waals surface area contributed by atoms with E-state index >= 15 is 0 Å². The molecule has 0 saturated heterocycles. The van der Waals surface area contributed by atoms with Crippen LogP contribution in [-0.4, -0.2) is 35.9 Å². The summed E-state index contributed by atoms with van der Waals surface area (Å²) in [5.41, 5.74) is 3.97. The second-order valence-electron chi connectivity index (χ2n) is 6.27. The Kier molecular flexibility index (Phi) is 4.73. The van der Waals surface area contributed by atoms with Crippen molar-refractivity contribution in [3.8, 4) is 11.1 Å². The van der Waals surface area contributed by atoms with Gasteiger partial charge in [-0.15, -0.1) is 0 Å². The van der Waals surface area contributed by atoms with Crippen LogP contribution in [0.2, 0.25) is 0 Å². The summed E-state index contributed by atoms with van der Waals surface area (Å²) in [7, 11) is -3.51. The van der Waals surface area contributed by atoms with Crippen LogP contribution >= 0.6 is 0 Å². The van der Waals surface area contributed by atoms with Crippen molar-refractivity contribution in [1.29, 1.82) is 0 Å². The lowest BCUT2D eigenvalue weighted by atomic mass is 9.98. The Hall–Kier alpha value is -2.45. The Morgan fingerprint density at radius 3 is 2.72 bits per heavy atom. The summed E-state index contributed by atoms with van der Waals surface area (Å²) in [6.07, 6.45) is 3.57. The van der Waals surface area contributed by atoms with Crippen molar-refractivity contribution < 1.29 is 8.42 Å². The average Bonchev–Trinajstić information content (AvgIpc) is 3.06. The molecular weight excluding hydrogens is 338 g/mol. The lowest BCUT2D eigenvalue weighted by molar-refractivity contribution is 0.598. The van der Waals surface area contributed by atoms with Crippen molar-refractivity contribution in [3.63, 3.8) is 0 Å². The fourth-order valence-corrected chi connectivity index (χ4v) is 3.04. The molecule has 0 bridgehead atoms. The maximum absolute atomic E-state index is 11.1. The van der Waals surface area contributed by atoms with Crippen LogP contribution in [0.4, 0.5) is 5.82 Å². The fourth-order valence-electron chi connectivity index (χ4n) is 2.65. The molecule has 0 aliphatic rings. The number of fused-ring (bicyclic) bond motifs is 1. The number of nitrogens with zero attached hydrogens (tertiary/aromatic N) is 2. The third-order valence-corrected chi connectivity index (χ3v) is 4.78.